The first kappa shape index (κ1) is 16.8. The number of carbonyl (C=O) groups is 1. The maximum atomic E-state index is 12.5. The molecule has 2 aromatic carbocycles. The molecule has 25 heavy (non-hydrogen) atoms. The molecular weight excluding hydrogens is 318 g/mol. The van der Waals surface area contributed by atoms with Crippen molar-refractivity contribution >= 4 is 16.9 Å². The Bertz CT molecular complexity index is 976. The van der Waals surface area contributed by atoms with E-state index in [2.05, 4.69) is 0 Å². The Morgan fingerprint density at radius 1 is 1.16 bits per heavy atom. The van der Waals surface area contributed by atoms with E-state index in [4.69, 9.17) is 4.42 Å². The Balaban J connectivity index is 1.86. The highest BCUT2D eigenvalue weighted by molar-refractivity contribution is 5.85. The van der Waals surface area contributed by atoms with Gasteiger partial charge >= 0.3 is 5.63 Å². The van der Waals surface area contributed by atoms with Gasteiger partial charge in [-0.3, -0.25) is 4.79 Å². The number of phenolic OH excluding ortho intramolecular Hbond substituents is 1. The fourth-order valence-corrected chi connectivity index (χ4v) is 2.82. The highest BCUT2D eigenvalue weighted by Crippen LogP contribution is 2.23. The van der Waals surface area contributed by atoms with Crippen molar-refractivity contribution in [1.82, 2.24) is 4.90 Å². The normalized spacial score (nSPS) is 10.8. The molecule has 1 heterocycles. The lowest BCUT2D eigenvalue weighted by Crippen LogP contribution is -2.29. The summed E-state index contributed by atoms with van der Waals surface area (Å²) in [5, 5.41) is 10.2. The van der Waals surface area contributed by atoms with Crippen molar-refractivity contribution in [2.24, 2.45) is 0 Å². The maximum absolute atomic E-state index is 12.5. The van der Waals surface area contributed by atoms with Gasteiger partial charge < -0.3 is 14.4 Å². The molecule has 0 aliphatic carbocycles. The van der Waals surface area contributed by atoms with Crippen LogP contribution in [0.1, 0.15) is 16.7 Å². The summed E-state index contributed by atoms with van der Waals surface area (Å²) in [5.41, 5.74) is 1.85. The Kier molecular flexibility index (Phi) is 4.57. The summed E-state index contributed by atoms with van der Waals surface area (Å²) < 4.78 is 5.27. The number of benzene rings is 2. The third-order valence-electron chi connectivity index (χ3n) is 4.29. The van der Waals surface area contributed by atoms with Gasteiger partial charge in [0.25, 0.3) is 0 Å². The minimum atomic E-state index is -0.544. The number of nitrogens with zero attached hydrogens (tertiary/aromatic N) is 1. The molecule has 1 amide bonds. The van der Waals surface area contributed by atoms with Gasteiger partial charge in [0.1, 0.15) is 11.3 Å². The fraction of sp³-hybridized carbons (Fsp3) is 0.200. The number of hydrogen-bond acceptors (Lipinski definition) is 4. The predicted octanol–water partition coefficient (Wildman–Crippen LogP) is 3.01. The van der Waals surface area contributed by atoms with Crippen molar-refractivity contribution in [1.29, 1.82) is 0 Å². The standard InChI is InChI=1S/C20H19NO4/c1-13-16-9-8-15(22)10-18(16)25-20(24)17(13)11-19(23)21(2)12-14-6-4-3-5-7-14/h3-10,22H,11-12H2,1-2H3. The lowest BCUT2D eigenvalue weighted by Gasteiger charge is -2.18. The first-order chi connectivity index (χ1) is 12.0. The Labute approximate surface area is 145 Å². The molecule has 0 radical (unpaired) electrons. The second kappa shape index (κ2) is 6.81. The van der Waals surface area contributed by atoms with Gasteiger partial charge in [-0.1, -0.05) is 30.3 Å². The second-order valence-corrected chi connectivity index (χ2v) is 6.09. The highest BCUT2D eigenvalue weighted by Gasteiger charge is 2.17. The zero-order valence-corrected chi connectivity index (χ0v) is 14.2. The van der Waals surface area contributed by atoms with Crippen LogP contribution in [0.3, 0.4) is 0 Å². The molecule has 0 atom stereocenters. The highest BCUT2D eigenvalue weighted by atomic mass is 16.4. The minimum absolute atomic E-state index is 0.0195. The van der Waals surface area contributed by atoms with Crippen LogP contribution in [-0.2, 0) is 17.8 Å². The summed E-state index contributed by atoms with van der Waals surface area (Å²) in [6.45, 7) is 2.27. The molecule has 1 N–H and O–H groups in total. The van der Waals surface area contributed by atoms with Crippen molar-refractivity contribution in [2.75, 3.05) is 7.05 Å². The smallest absolute Gasteiger partial charge is 0.340 e. The molecule has 0 fully saturated rings. The van der Waals surface area contributed by atoms with E-state index in [1.807, 2.05) is 30.3 Å². The molecule has 0 saturated heterocycles. The van der Waals surface area contributed by atoms with Gasteiger partial charge in [0, 0.05) is 25.0 Å². The molecule has 128 valence electrons. The average Bonchev–Trinajstić information content (AvgIpc) is 2.59. The van der Waals surface area contributed by atoms with E-state index in [0.717, 1.165) is 5.56 Å². The molecule has 0 bridgehead atoms. The predicted molar refractivity (Wildman–Crippen MR) is 95.5 cm³/mol. The fourth-order valence-electron chi connectivity index (χ4n) is 2.82. The lowest BCUT2D eigenvalue weighted by molar-refractivity contribution is -0.129. The number of carbonyl (C=O) groups excluding carboxylic acids is 1. The SMILES string of the molecule is Cc1c(CC(=O)N(C)Cc2ccccc2)c(=O)oc2cc(O)ccc12. The van der Waals surface area contributed by atoms with Crippen LogP contribution >= 0.6 is 0 Å². The first-order valence-electron chi connectivity index (χ1n) is 7.99. The van der Waals surface area contributed by atoms with E-state index < -0.39 is 5.63 Å². The van der Waals surface area contributed by atoms with Crippen LogP contribution in [0.2, 0.25) is 0 Å². The van der Waals surface area contributed by atoms with Crippen LogP contribution in [0.4, 0.5) is 0 Å². The third-order valence-corrected chi connectivity index (χ3v) is 4.29. The number of aryl methyl sites for hydroxylation is 1. The van der Waals surface area contributed by atoms with Gasteiger partial charge in [-0.05, 0) is 30.2 Å². The molecule has 0 unspecified atom stereocenters. The van der Waals surface area contributed by atoms with Crippen LogP contribution in [-0.4, -0.2) is 23.0 Å². The van der Waals surface area contributed by atoms with Gasteiger partial charge in [-0.25, -0.2) is 4.79 Å². The van der Waals surface area contributed by atoms with Gasteiger partial charge in [0.05, 0.1) is 12.0 Å². The van der Waals surface area contributed by atoms with Crippen LogP contribution in [0.15, 0.2) is 57.7 Å². The summed E-state index contributed by atoms with van der Waals surface area (Å²) in [6.07, 6.45) is -0.0195. The van der Waals surface area contributed by atoms with Gasteiger partial charge in [0.15, 0.2) is 0 Å². The largest absolute Gasteiger partial charge is 0.508 e. The number of phenols is 1. The van der Waals surface area contributed by atoms with Crippen LogP contribution < -0.4 is 5.63 Å². The molecule has 3 rings (SSSR count). The monoisotopic (exact) mass is 337 g/mol. The molecule has 0 aliphatic rings. The van der Waals surface area contributed by atoms with Crippen molar-refractivity contribution < 1.29 is 14.3 Å². The molecular formula is C20H19NO4. The zero-order chi connectivity index (χ0) is 18.0. The number of hydrogen-bond donors (Lipinski definition) is 1. The summed E-state index contributed by atoms with van der Waals surface area (Å²) in [7, 11) is 1.71. The van der Waals surface area contributed by atoms with E-state index in [1.54, 1.807) is 24.9 Å². The average molecular weight is 337 g/mol. The zero-order valence-electron chi connectivity index (χ0n) is 14.2. The van der Waals surface area contributed by atoms with E-state index in [0.29, 0.717) is 28.6 Å². The number of rotatable bonds is 4. The van der Waals surface area contributed by atoms with Crippen LogP contribution in [0, 0.1) is 6.92 Å². The van der Waals surface area contributed by atoms with Gasteiger partial charge in [-0.15, -0.1) is 0 Å². The van der Waals surface area contributed by atoms with E-state index in [-0.39, 0.29) is 18.1 Å². The number of amides is 1. The summed E-state index contributed by atoms with van der Waals surface area (Å²) in [5.74, 6) is -0.126. The van der Waals surface area contributed by atoms with Crippen LogP contribution in [0.5, 0.6) is 5.75 Å². The number of likely N-dealkylation sites (N-methyl/N-ethyl adjacent to an activating group) is 1. The van der Waals surface area contributed by atoms with E-state index in [9.17, 15) is 14.7 Å². The molecule has 3 aromatic rings. The third kappa shape index (κ3) is 3.55. The van der Waals surface area contributed by atoms with Crippen molar-refractivity contribution in [3.05, 3.63) is 75.6 Å². The Morgan fingerprint density at radius 2 is 1.88 bits per heavy atom. The van der Waals surface area contributed by atoms with Gasteiger partial charge in [0.2, 0.25) is 5.91 Å². The molecule has 0 aliphatic heterocycles. The van der Waals surface area contributed by atoms with Crippen molar-refractivity contribution in [2.45, 2.75) is 19.9 Å². The second-order valence-electron chi connectivity index (χ2n) is 6.09. The molecule has 0 saturated carbocycles. The quantitative estimate of drug-likeness (QED) is 0.743. The summed E-state index contributed by atoms with van der Waals surface area (Å²) in [6, 6.07) is 14.3. The van der Waals surface area contributed by atoms with Crippen LogP contribution in [0.25, 0.3) is 11.0 Å². The van der Waals surface area contributed by atoms with Crippen molar-refractivity contribution in [3.8, 4) is 5.75 Å². The topological polar surface area (TPSA) is 70.8 Å². The minimum Gasteiger partial charge on any atom is -0.508 e. The number of aromatic hydroxyl groups is 1. The van der Waals surface area contributed by atoms with E-state index >= 15 is 0 Å². The van der Waals surface area contributed by atoms with Gasteiger partial charge in [-0.2, -0.15) is 0 Å². The molecule has 5 heteroatoms. The molecule has 1 aromatic heterocycles. The lowest BCUT2D eigenvalue weighted by atomic mass is 10.0. The molecule has 5 nitrogen and oxygen atoms in total. The molecule has 0 spiro atoms. The van der Waals surface area contributed by atoms with E-state index in [1.165, 1.54) is 12.1 Å². The Morgan fingerprint density at radius 3 is 2.60 bits per heavy atom. The van der Waals surface area contributed by atoms with Crippen molar-refractivity contribution in [3.63, 3.8) is 0 Å². The number of fused-ring (bicyclic) bond motifs is 1. The summed E-state index contributed by atoms with van der Waals surface area (Å²) >= 11 is 0. The maximum Gasteiger partial charge on any atom is 0.340 e. The first-order valence-corrected chi connectivity index (χ1v) is 7.99. The summed E-state index contributed by atoms with van der Waals surface area (Å²) in [4.78, 5) is 26.4. The Hall–Kier alpha value is -3.08.